The van der Waals surface area contributed by atoms with Crippen LogP contribution in [-0.4, -0.2) is 23.2 Å². The molecule has 4 nitrogen and oxygen atoms in total. The van der Waals surface area contributed by atoms with Crippen molar-refractivity contribution in [1.29, 1.82) is 0 Å². The molecule has 1 aromatic carbocycles. The number of carbonyl (C=O) groups is 1. The Morgan fingerprint density at radius 3 is 2.48 bits per heavy atom. The number of rotatable bonds is 8. The molecular formula is C16H24BrNO3. The predicted octanol–water partition coefficient (Wildman–Crippen LogP) is 3.83. The number of aliphatic carboxylic acids is 1. The van der Waals surface area contributed by atoms with Crippen LogP contribution >= 0.6 is 15.9 Å². The molecule has 2 N–H and O–H groups in total. The second-order valence-electron chi connectivity index (χ2n) is 5.83. The number of nitrogens with one attached hydrogen (secondary N) is 1. The summed E-state index contributed by atoms with van der Waals surface area (Å²) in [6, 6.07) is 5.29. The van der Waals surface area contributed by atoms with E-state index in [1.54, 1.807) is 0 Å². The van der Waals surface area contributed by atoms with Crippen molar-refractivity contribution in [3.05, 3.63) is 28.2 Å². The summed E-state index contributed by atoms with van der Waals surface area (Å²) < 4.78 is 6.54. The molecular weight excluding hydrogens is 334 g/mol. The summed E-state index contributed by atoms with van der Waals surface area (Å²) in [6.07, 6.45) is 0.734. The molecule has 1 unspecified atom stereocenters. The molecule has 0 spiro atoms. The Labute approximate surface area is 135 Å². The van der Waals surface area contributed by atoms with Gasteiger partial charge in [-0.15, -0.1) is 0 Å². The number of ether oxygens (including phenoxy) is 1. The van der Waals surface area contributed by atoms with Crippen LogP contribution in [0.3, 0.4) is 0 Å². The number of halogens is 1. The van der Waals surface area contributed by atoms with Crippen LogP contribution in [0.2, 0.25) is 0 Å². The molecule has 118 valence electrons. The van der Waals surface area contributed by atoms with Crippen molar-refractivity contribution in [3.8, 4) is 5.75 Å². The highest BCUT2D eigenvalue weighted by Crippen LogP contribution is 2.27. The summed E-state index contributed by atoms with van der Waals surface area (Å²) in [5.41, 5.74) is 1.02. The first-order chi connectivity index (χ1) is 9.79. The molecule has 0 aliphatic rings. The number of carboxylic acid groups (broad SMARTS) is 1. The molecule has 0 heterocycles. The van der Waals surface area contributed by atoms with E-state index in [-0.39, 0.29) is 6.10 Å². The van der Waals surface area contributed by atoms with Crippen LogP contribution in [0.15, 0.2) is 22.7 Å². The van der Waals surface area contributed by atoms with Gasteiger partial charge in [0, 0.05) is 6.54 Å². The largest absolute Gasteiger partial charge is 0.490 e. The third-order valence-electron chi connectivity index (χ3n) is 2.92. The predicted molar refractivity (Wildman–Crippen MR) is 87.6 cm³/mol. The summed E-state index contributed by atoms with van der Waals surface area (Å²) in [6.45, 7) is 8.51. The lowest BCUT2D eigenvalue weighted by Gasteiger charge is -2.17. The summed E-state index contributed by atoms with van der Waals surface area (Å²) in [5, 5.41) is 12.3. The van der Waals surface area contributed by atoms with Crippen LogP contribution in [0.25, 0.3) is 0 Å². The van der Waals surface area contributed by atoms with Gasteiger partial charge in [0.25, 0.3) is 0 Å². The van der Waals surface area contributed by atoms with E-state index in [0.29, 0.717) is 18.9 Å². The van der Waals surface area contributed by atoms with E-state index in [1.165, 1.54) is 0 Å². The third-order valence-corrected chi connectivity index (χ3v) is 3.54. The topological polar surface area (TPSA) is 58.6 Å². The SMILES string of the molecule is CC(C)CC(NCc1ccc(OC(C)C)c(Br)c1)C(=O)O. The summed E-state index contributed by atoms with van der Waals surface area (Å²) >= 11 is 3.48. The molecule has 0 radical (unpaired) electrons. The maximum Gasteiger partial charge on any atom is 0.320 e. The Bertz CT molecular complexity index is 475. The first-order valence-corrected chi connectivity index (χ1v) is 8.00. The quantitative estimate of drug-likeness (QED) is 0.742. The first kappa shape index (κ1) is 18.0. The Morgan fingerprint density at radius 1 is 1.33 bits per heavy atom. The second kappa shape index (κ2) is 8.39. The van der Waals surface area contributed by atoms with Crippen LogP contribution in [0.1, 0.15) is 39.7 Å². The van der Waals surface area contributed by atoms with Crippen LogP contribution in [0.5, 0.6) is 5.75 Å². The van der Waals surface area contributed by atoms with E-state index >= 15 is 0 Å². The van der Waals surface area contributed by atoms with E-state index in [2.05, 4.69) is 21.2 Å². The van der Waals surface area contributed by atoms with Crippen molar-refractivity contribution < 1.29 is 14.6 Å². The van der Waals surface area contributed by atoms with Gasteiger partial charge in [0.2, 0.25) is 0 Å². The highest BCUT2D eigenvalue weighted by molar-refractivity contribution is 9.10. The minimum absolute atomic E-state index is 0.118. The van der Waals surface area contributed by atoms with Gasteiger partial charge in [-0.2, -0.15) is 0 Å². The van der Waals surface area contributed by atoms with Crippen molar-refractivity contribution in [1.82, 2.24) is 5.32 Å². The summed E-state index contributed by atoms with van der Waals surface area (Å²) in [4.78, 5) is 11.2. The van der Waals surface area contributed by atoms with Crippen molar-refractivity contribution in [2.24, 2.45) is 5.92 Å². The van der Waals surface area contributed by atoms with Crippen LogP contribution < -0.4 is 10.1 Å². The van der Waals surface area contributed by atoms with E-state index in [0.717, 1.165) is 15.8 Å². The maximum atomic E-state index is 11.2. The number of benzene rings is 1. The molecule has 5 heteroatoms. The molecule has 1 rings (SSSR count). The van der Waals surface area contributed by atoms with Crippen LogP contribution in [0, 0.1) is 5.92 Å². The van der Waals surface area contributed by atoms with Crippen molar-refractivity contribution in [2.45, 2.75) is 52.8 Å². The van der Waals surface area contributed by atoms with Gasteiger partial charge in [-0.1, -0.05) is 19.9 Å². The standard InChI is InChI=1S/C16H24BrNO3/c1-10(2)7-14(16(19)20)18-9-12-5-6-15(13(17)8-12)21-11(3)4/h5-6,8,10-11,14,18H,7,9H2,1-4H3,(H,19,20). The van der Waals surface area contributed by atoms with Gasteiger partial charge < -0.3 is 15.2 Å². The number of hydrogen-bond acceptors (Lipinski definition) is 3. The van der Waals surface area contributed by atoms with Gasteiger partial charge in [0.05, 0.1) is 10.6 Å². The maximum absolute atomic E-state index is 11.2. The normalized spacial score (nSPS) is 12.7. The van der Waals surface area contributed by atoms with Crippen molar-refractivity contribution in [3.63, 3.8) is 0 Å². The number of hydrogen-bond donors (Lipinski definition) is 2. The Morgan fingerprint density at radius 2 is 2.00 bits per heavy atom. The molecule has 1 aromatic rings. The Hall–Kier alpha value is -1.07. The second-order valence-corrected chi connectivity index (χ2v) is 6.69. The summed E-state index contributed by atoms with van der Waals surface area (Å²) in [7, 11) is 0. The third kappa shape index (κ3) is 6.48. The van der Waals surface area contributed by atoms with Gasteiger partial charge >= 0.3 is 5.97 Å². The van der Waals surface area contributed by atoms with E-state index < -0.39 is 12.0 Å². The monoisotopic (exact) mass is 357 g/mol. The Balaban J connectivity index is 2.66. The molecule has 0 fully saturated rings. The molecule has 0 aliphatic heterocycles. The average molecular weight is 358 g/mol. The zero-order valence-corrected chi connectivity index (χ0v) is 14.6. The first-order valence-electron chi connectivity index (χ1n) is 7.20. The lowest BCUT2D eigenvalue weighted by Crippen LogP contribution is -2.37. The molecule has 0 aromatic heterocycles. The number of carboxylic acids is 1. The molecule has 1 atom stereocenters. The molecule has 0 aliphatic carbocycles. The lowest BCUT2D eigenvalue weighted by molar-refractivity contribution is -0.140. The molecule has 0 amide bonds. The van der Waals surface area contributed by atoms with Gasteiger partial charge in [-0.25, -0.2) is 0 Å². The molecule has 21 heavy (non-hydrogen) atoms. The van der Waals surface area contributed by atoms with Crippen molar-refractivity contribution >= 4 is 21.9 Å². The highest BCUT2D eigenvalue weighted by Gasteiger charge is 2.18. The molecule has 0 bridgehead atoms. The average Bonchev–Trinajstić information content (AvgIpc) is 2.36. The van der Waals surface area contributed by atoms with Crippen LogP contribution in [-0.2, 0) is 11.3 Å². The van der Waals surface area contributed by atoms with Gasteiger partial charge in [0.15, 0.2) is 0 Å². The van der Waals surface area contributed by atoms with Crippen molar-refractivity contribution in [2.75, 3.05) is 0 Å². The van der Waals surface area contributed by atoms with E-state index in [9.17, 15) is 9.90 Å². The lowest BCUT2D eigenvalue weighted by atomic mass is 10.0. The summed E-state index contributed by atoms with van der Waals surface area (Å²) in [5.74, 6) is 0.334. The Kier molecular flexibility index (Phi) is 7.18. The zero-order valence-electron chi connectivity index (χ0n) is 13.0. The smallest absolute Gasteiger partial charge is 0.320 e. The van der Waals surface area contributed by atoms with Gasteiger partial charge in [-0.3, -0.25) is 4.79 Å². The molecule has 0 saturated heterocycles. The molecule has 0 saturated carbocycles. The fourth-order valence-electron chi connectivity index (χ4n) is 1.99. The zero-order chi connectivity index (χ0) is 16.0. The minimum Gasteiger partial charge on any atom is -0.490 e. The van der Waals surface area contributed by atoms with E-state index in [4.69, 9.17) is 4.74 Å². The fourth-order valence-corrected chi connectivity index (χ4v) is 2.51. The van der Waals surface area contributed by atoms with Gasteiger partial charge in [0.1, 0.15) is 11.8 Å². The van der Waals surface area contributed by atoms with E-state index in [1.807, 2.05) is 45.9 Å². The fraction of sp³-hybridized carbons (Fsp3) is 0.562. The van der Waals surface area contributed by atoms with Gasteiger partial charge in [-0.05, 0) is 59.8 Å². The highest BCUT2D eigenvalue weighted by atomic mass is 79.9. The van der Waals surface area contributed by atoms with Crippen LogP contribution in [0.4, 0.5) is 0 Å². The minimum atomic E-state index is -0.803.